The molecule has 3 aromatic rings. The normalized spacial score (nSPS) is 12.7. The maximum absolute atomic E-state index is 12.4. The summed E-state index contributed by atoms with van der Waals surface area (Å²) in [5.74, 6) is -0.0824. The zero-order valence-corrected chi connectivity index (χ0v) is 14.4. The van der Waals surface area contributed by atoms with Crippen LogP contribution in [0.3, 0.4) is 0 Å². The minimum atomic E-state index is -0.0824. The van der Waals surface area contributed by atoms with E-state index in [-0.39, 0.29) is 24.5 Å². The van der Waals surface area contributed by atoms with Gasteiger partial charge in [-0.3, -0.25) is 19.1 Å². The Balaban J connectivity index is 1.76. The third-order valence-electron chi connectivity index (χ3n) is 4.03. The van der Waals surface area contributed by atoms with Crippen LogP contribution in [-0.2, 0) is 11.3 Å². The second kappa shape index (κ2) is 6.43. The van der Waals surface area contributed by atoms with Crippen LogP contribution in [0.1, 0.15) is 44.1 Å². The third kappa shape index (κ3) is 3.02. The number of aromatic nitrogens is 5. The first-order chi connectivity index (χ1) is 11.5. The number of nitrogens with one attached hydrogen (secondary N) is 1. The number of carbonyl (C=O) groups excluding carboxylic acids is 1. The van der Waals surface area contributed by atoms with Crippen molar-refractivity contribution in [2.45, 2.75) is 46.3 Å². The molecule has 7 nitrogen and oxygen atoms in total. The lowest BCUT2D eigenvalue weighted by Crippen LogP contribution is -2.30. The van der Waals surface area contributed by atoms with Crippen molar-refractivity contribution in [2.75, 3.05) is 0 Å². The van der Waals surface area contributed by atoms with Crippen LogP contribution in [0.15, 0.2) is 30.7 Å². The fourth-order valence-electron chi connectivity index (χ4n) is 2.85. The van der Waals surface area contributed by atoms with Gasteiger partial charge in [0.15, 0.2) is 0 Å². The van der Waals surface area contributed by atoms with Crippen molar-refractivity contribution in [3.8, 4) is 0 Å². The van der Waals surface area contributed by atoms with Gasteiger partial charge >= 0.3 is 0 Å². The summed E-state index contributed by atoms with van der Waals surface area (Å²) < 4.78 is 3.65. The SMILES string of the molecule is Cc1nn(C(C)C)c2cnn(CC(=O)N[C@H](C)c3ccncc3)c12. The number of aryl methyl sites for hydroxylation is 1. The van der Waals surface area contributed by atoms with E-state index in [1.807, 2.05) is 30.7 Å². The Morgan fingerprint density at radius 3 is 2.62 bits per heavy atom. The average molecular weight is 326 g/mol. The van der Waals surface area contributed by atoms with E-state index in [0.29, 0.717) is 0 Å². The summed E-state index contributed by atoms with van der Waals surface area (Å²) in [4.78, 5) is 16.4. The predicted molar refractivity (Wildman–Crippen MR) is 91.4 cm³/mol. The van der Waals surface area contributed by atoms with E-state index in [4.69, 9.17) is 0 Å². The minimum Gasteiger partial charge on any atom is -0.348 e. The number of carbonyl (C=O) groups is 1. The molecule has 0 spiro atoms. The second-order valence-corrected chi connectivity index (χ2v) is 6.23. The van der Waals surface area contributed by atoms with Crippen LogP contribution in [0.5, 0.6) is 0 Å². The molecule has 0 radical (unpaired) electrons. The van der Waals surface area contributed by atoms with Gasteiger partial charge in [-0.2, -0.15) is 10.2 Å². The molecule has 0 aliphatic carbocycles. The van der Waals surface area contributed by atoms with Gasteiger partial charge in [0.05, 0.1) is 17.9 Å². The van der Waals surface area contributed by atoms with Gasteiger partial charge < -0.3 is 5.32 Å². The van der Waals surface area contributed by atoms with Crippen LogP contribution in [0.2, 0.25) is 0 Å². The molecule has 1 N–H and O–H groups in total. The van der Waals surface area contributed by atoms with Gasteiger partial charge in [-0.1, -0.05) is 0 Å². The first kappa shape index (κ1) is 16.2. The summed E-state index contributed by atoms with van der Waals surface area (Å²) in [6, 6.07) is 3.97. The molecule has 7 heteroatoms. The topological polar surface area (TPSA) is 77.6 Å². The fourth-order valence-corrected chi connectivity index (χ4v) is 2.85. The van der Waals surface area contributed by atoms with E-state index in [1.54, 1.807) is 23.3 Å². The number of rotatable bonds is 5. The zero-order chi connectivity index (χ0) is 17.3. The van der Waals surface area contributed by atoms with Crippen molar-refractivity contribution in [3.63, 3.8) is 0 Å². The fraction of sp³-hybridized carbons (Fsp3) is 0.412. The van der Waals surface area contributed by atoms with E-state index in [1.165, 1.54) is 0 Å². The first-order valence-electron chi connectivity index (χ1n) is 8.07. The molecule has 3 heterocycles. The summed E-state index contributed by atoms with van der Waals surface area (Å²) in [7, 11) is 0. The molecule has 0 fully saturated rings. The van der Waals surface area contributed by atoms with Crippen molar-refractivity contribution in [3.05, 3.63) is 42.0 Å². The van der Waals surface area contributed by atoms with Crippen molar-refractivity contribution in [1.82, 2.24) is 29.9 Å². The maximum atomic E-state index is 12.4. The van der Waals surface area contributed by atoms with E-state index >= 15 is 0 Å². The largest absolute Gasteiger partial charge is 0.348 e. The molecule has 3 rings (SSSR count). The van der Waals surface area contributed by atoms with Crippen LogP contribution in [-0.4, -0.2) is 30.5 Å². The molecule has 3 aromatic heterocycles. The molecule has 0 bridgehead atoms. The van der Waals surface area contributed by atoms with Gasteiger partial charge in [-0.15, -0.1) is 0 Å². The molecule has 0 aromatic carbocycles. The lowest BCUT2D eigenvalue weighted by molar-refractivity contribution is -0.122. The van der Waals surface area contributed by atoms with Crippen molar-refractivity contribution < 1.29 is 4.79 Å². The predicted octanol–water partition coefficient (Wildman–Crippen LogP) is 2.39. The standard InChI is InChI=1S/C17H22N6O/c1-11(2)23-15-9-19-22(17(15)13(4)21-23)10-16(24)20-12(3)14-5-7-18-8-6-14/h5-9,11-12H,10H2,1-4H3,(H,20,24)/t12-/m1/s1. The van der Waals surface area contributed by atoms with Crippen LogP contribution in [0.4, 0.5) is 0 Å². The van der Waals surface area contributed by atoms with Gasteiger partial charge in [0.2, 0.25) is 5.91 Å². The summed E-state index contributed by atoms with van der Waals surface area (Å²) in [5.41, 5.74) is 3.77. The summed E-state index contributed by atoms with van der Waals surface area (Å²) in [6.45, 7) is 8.22. The summed E-state index contributed by atoms with van der Waals surface area (Å²) in [6.07, 6.45) is 5.21. The lowest BCUT2D eigenvalue weighted by Gasteiger charge is -2.14. The Kier molecular flexibility index (Phi) is 4.33. The zero-order valence-electron chi connectivity index (χ0n) is 14.4. The van der Waals surface area contributed by atoms with E-state index in [9.17, 15) is 4.79 Å². The van der Waals surface area contributed by atoms with Crippen LogP contribution < -0.4 is 5.32 Å². The molecular formula is C17H22N6O. The number of hydrogen-bond acceptors (Lipinski definition) is 4. The monoisotopic (exact) mass is 326 g/mol. The summed E-state index contributed by atoms with van der Waals surface area (Å²) in [5, 5.41) is 11.9. The highest BCUT2D eigenvalue weighted by molar-refractivity contribution is 5.81. The van der Waals surface area contributed by atoms with E-state index in [2.05, 4.69) is 34.3 Å². The highest BCUT2D eigenvalue weighted by atomic mass is 16.2. The molecular weight excluding hydrogens is 304 g/mol. The van der Waals surface area contributed by atoms with Crippen LogP contribution in [0.25, 0.3) is 11.0 Å². The Morgan fingerprint density at radius 1 is 1.25 bits per heavy atom. The Hall–Kier alpha value is -2.70. The molecule has 0 aliphatic rings. The van der Waals surface area contributed by atoms with Gasteiger partial charge in [-0.25, -0.2) is 0 Å². The average Bonchev–Trinajstić information content (AvgIpc) is 3.10. The number of pyridine rings is 1. The second-order valence-electron chi connectivity index (χ2n) is 6.23. The minimum absolute atomic E-state index is 0.0777. The van der Waals surface area contributed by atoms with Gasteiger partial charge in [-0.05, 0) is 45.4 Å². The molecule has 1 atom stereocenters. The molecule has 0 saturated heterocycles. The molecule has 24 heavy (non-hydrogen) atoms. The van der Waals surface area contributed by atoms with E-state index < -0.39 is 0 Å². The highest BCUT2D eigenvalue weighted by Crippen LogP contribution is 2.21. The van der Waals surface area contributed by atoms with Crippen LogP contribution >= 0.6 is 0 Å². The molecule has 0 saturated carbocycles. The number of nitrogens with zero attached hydrogens (tertiary/aromatic N) is 5. The number of hydrogen-bond donors (Lipinski definition) is 1. The Labute approximate surface area is 140 Å². The molecule has 0 unspecified atom stereocenters. The number of fused-ring (bicyclic) bond motifs is 1. The Morgan fingerprint density at radius 2 is 1.96 bits per heavy atom. The first-order valence-corrected chi connectivity index (χ1v) is 8.07. The van der Waals surface area contributed by atoms with Crippen molar-refractivity contribution in [2.24, 2.45) is 0 Å². The van der Waals surface area contributed by atoms with Crippen LogP contribution in [0, 0.1) is 6.92 Å². The lowest BCUT2D eigenvalue weighted by atomic mass is 10.1. The van der Waals surface area contributed by atoms with Gasteiger partial charge in [0.25, 0.3) is 0 Å². The van der Waals surface area contributed by atoms with E-state index in [0.717, 1.165) is 22.3 Å². The molecule has 126 valence electrons. The Bertz CT molecular complexity index is 849. The van der Waals surface area contributed by atoms with Crippen molar-refractivity contribution in [1.29, 1.82) is 0 Å². The quantitative estimate of drug-likeness (QED) is 0.781. The smallest absolute Gasteiger partial charge is 0.242 e. The third-order valence-corrected chi connectivity index (χ3v) is 4.03. The van der Waals surface area contributed by atoms with Gasteiger partial charge in [0, 0.05) is 18.4 Å². The van der Waals surface area contributed by atoms with Gasteiger partial charge in [0.1, 0.15) is 17.6 Å². The number of amides is 1. The maximum Gasteiger partial charge on any atom is 0.242 e. The highest BCUT2D eigenvalue weighted by Gasteiger charge is 2.17. The molecule has 1 amide bonds. The van der Waals surface area contributed by atoms with Crippen molar-refractivity contribution >= 4 is 16.9 Å². The summed E-state index contributed by atoms with van der Waals surface area (Å²) >= 11 is 0. The molecule has 0 aliphatic heterocycles.